The first-order valence-corrected chi connectivity index (χ1v) is 10.2. The highest BCUT2D eigenvalue weighted by molar-refractivity contribution is 7.22. The van der Waals surface area contributed by atoms with E-state index in [0.29, 0.717) is 16.9 Å². The van der Waals surface area contributed by atoms with Crippen LogP contribution in [0, 0.1) is 10.1 Å². The Hall–Kier alpha value is -4.11. The maximum absolute atomic E-state index is 11.0. The third-order valence-electron chi connectivity index (χ3n) is 4.71. The molecular weight excluding hydrogens is 414 g/mol. The molecular formula is C22H15N5O3S. The first-order valence-electron chi connectivity index (χ1n) is 9.43. The molecule has 0 bridgehead atoms. The van der Waals surface area contributed by atoms with Crippen molar-refractivity contribution in [3.63, 3.8) is 0 Å². The highest BCUT2D eigenvalue weighted by Gasteiger charge is 2.23. The van der Waals surface area contributed by atoms with E-state index in [0.717, 1.165) is 21.3 Å². The van der Waals surface area contributed by atoms with E-state index in [9.17, 15) is 10.1 Å². The predicted octanol–water partition coefficient (Wildman–Crippen LogP) is 5.46. The van der Waals surface area contributed by atoms with Crippen LogP contribution in [-0.2, 0) is 0 Å². The molecule has 8 nitrogen and oxygen atoms in total. The third-order valence-corrected chi connectivity index (χ3v) is 5.67. The van der Waals surface area contributed by atoms with Gasteiger partial charge in [-0.15, -0.1) is 10.2 Å². The topological polar surface area (TPSA) is 107 Å². The smallest absolute Gasteiger partial charge is 0.269 e. The Morgan fingerprint density at radius 1 is 0.935 bits per heavy atom. The second-order valence-electron chi connectivity index (χ2n) is 6.72. The Kier molecular flexibility index (Phi) is 4.85. The number of fused-ring (bicyclic) bond motifs is 1. The number of nitrogens with zero attached hydrogens (tertiary/aromatic N) is 4. The van der Waals surface area contributed by atoms with Gasteiger partial charge in [-0.3, -0.25) is 10.1 Å². The Morgan fingerprint density at radius 2 is 1.68 bits per heavy atom. The number of anilines is 1. The quantitative estimate of drug-likeness (QED) is 0.282. The highest BCUT2D eigenvalue weighted by atomic mass is 32.1. The van der Waals surface area contributed by atoms with Gasteiger partial charge in [0.05, 0.1) is 15.1 Å². The van der Waals surface area contributed by atoms with Gasteiger partial charge in [0.2, 0.25) is 11.8 Å². The Bertz CT molecular complexity index is 1320. The van der Waals surface area contributed by atoms with Crippen molar-refractivity contribution in [2.75, 3.05) is 5.32 Å². The van der Waals surface area contributed by atoms with Gasteiger partial charge in [0.1, 0.15) is 6.04 Å². The Labute approximate surface area is 180 Å². The molecule has 1 N–H and O–H groups in total. The van der Waals surface area contributed by atoms with E-state index in [1.807, 2.05) is 54.6 Å². The largest absolute Gasteiger partial charge is 0.418 e. The van der Waals surface area contributed by atoms with Gasteiger partial charge in [-0.05, 0) is 42.0 Å². The van der Waals surface area contributed by atoms with Crippen LogP contribution in [0.25, 0.3) is 21.7 Å². The molecule has 5 aromatic rings. The summed E-state index contributed by atoms with van der Waals surface area (Å²) < 4.78 is 7.01. The highest BCUT2D eigenvalue weighted by Crippen LogP contribution is 2.33. The summed E-state index contributed by atoms with van der Waals surface area (Å²) >= 11 is 1.51. The van der Waals surface area contributed by atoms with Gasteiger partial charge < -0.3 is 9.73 Å². The molecule has 3 aromatic carbocycles. The molecule has 0 fully saturated rings. The Balaban J connectivity index is 1.53. The average molecular weight is 429 g/mol. The number of thiazole rings is 1. The van der Waals surface area contributed by atoms with Crippen LogP contribution in [0.4, 0.5) is 10.8 Å². The molecule has 0 aliphatic heterocycles. The third kappa shape index (κ3) is 3.86. The van der Waals surface area contributed by atoms with Crippen LogP contribution in [-0.4, -0.2) is 20.1 Å². The second-order valence-corrected chi connectivity index (χ2v) is 7.75. The van der Waals surface area contributed by atoms with Crippen molar-refractivity contribution >= 4 is 32.4 Å². The van der Waals surface area contributed by atoms with E-state index in [1.54, 1.807) is 12.1 Å². The number of aromatic nitrogens is 3. The lowest BCUT2D eigenvalue weighted by Gasteiger charge is -2.14. The number of nitro groups is 1. The van der Waals surface area contributed by atoms with Crippen molar-refractivity contribution in [1.82, 2.24) is 15.2 Å². The van der Waals surface area contributed by atoms with E-state index in [4.69, 9.17) is 4.42 Å². The summed E-state index contributed by atoms with van der Waals surface area (Å²) in [5, 5.41) is 23.5. The molecule has 0 radical (unpaired) electrons. The zero-order valence-corrected chi connectivity index (χ0v) is 16.8. The molecule has 2 aromatic heterocycles. The number of benzene rings is 3. The first kappa shape index (κ1) is 18.9. The predicted molar refractivity (Wildman–Crippen MR) is 118 cm³/mol. The van der Waals surface area contributed by atoms with Gasteiger partial charge in [0.15, 0.2) is 5.13 Å². The van der Waals surface area contributed by atoms with Crippen molar-refractivity contribution in [2.45, 2.75) is 6.04 Å². The van der Waals surface area contributed by atoms with Gasteiger partial charge in [-0.1, -0.05) is 41.7 Å². The summed E-state index contributed by atoms with van der Waals surface area (Å²) in [6.07, 6.45) is 0. The van der Waals surface area contributed by atoms with Crippen LogP contribution in [0.1, 0.15) is 17.5 Å². The van der Waals surface area contributed by atoms with Gasteiger partial charge in [0.25, 0.3) is 5.69 Å². The summed E-state index contributed by atoms with van der Waals surface area (Å²) in [7, 11) is 0. The summed E-state index contributed by atoms with van der Waals surface area (Å²) in [6, 6.07) is 23.1. The number of hydrogen-bond donors (Lipinski definition) is 1. The van der Waals surface area contributed by atoms with Crippen LogP contribution in [0.5, 0.6) is 0 Å². The number of para-hydroxylation sites is 1. The van der Waals surface area contributed by atoms with E-state index >= 15 is 0 Å². The molecule has 1 atom stereocenters. The minimum atomic E-state index is -0.522. The molecule has 152 valence electrons. The molecule has 2 heterocycles. The minimum Gasteiger partial charge on any atom is -0.418 e. The van der Waals surface area contributed by atoms with Crippen molar-refractivity contribution in [2.24, 2.45) is 0 Å². The lowest BCUT2D eigenvalue weighted by atomic mass is 10.1. The van der Waals surface area contributed by atoms with E-state index in [-0.39, 0.29) is 5.69 Å². The number of hydrogen-bond acceptors (Lipinski definition) is 8. The fraction of sp³-hybridized carbons (Fsp3) is 0.0455. The van der Waals surface area contributed by atoms with Crippen LogP contribution >= 0.6 is 11.3 Å². The van der Waals surface area contributed by atoms with E-state index in [2.05, 4.69) is 20.5 Å². The summed E-state index contributed by atoms with van der Waals surface area (Å²) in [5.41, 5.74) is 2.45. The van der Waals surface area contributed by atoms with Crippen LogP contribution < -0.4 is 5.32 Å². The zero-order valence-electron chi connectivity index (χ0n) is 16.0. The fourth-order valence-corrected chi connectivity index (χ4v) is 4.08. The van der Waals surface area contributed by atoms with Gasteiger partial charge in [-0.25, -0.2) is 4.98 Å². The Morgan fingerprint density at radius 3 is 2.42 bits per heavy atom. The fourth-order valence-electron chi connectivity index (χ4n) is 3.18. The van der Waals surface area contributed by atoms with Crippen LogP contribution in [0.3, 0.4) is 0 Å². The van der Waals surface area contributed by atoms with E-state index < -0.39 is 11.0 Å². The van der Waals surface area contributed by atoms with Crippen molar-refractivity contribution < 1.29 is 9.34 Å². The van der Waals surface area contributed by atoms with E-state index in [1.165, 1.54) is 23.5 Å². The molecule has 0 aliphatic rings. The zero-order chi connectivity index (χ0) is 21.2. The molecule has 5 rings (SSSR count). The summed E-state index contributed by atoms with van der Waals surface area (Å²) in [6.45, 7) is 0. The van der Waals surface area contributed by atoms with Gasteiger partial charge in [0, 0.05) is 17.7 Å². The number of nitro benzene ring substituents is 1. The average Bonchev–Trinajstić information content (AvgIpc) is 3.45. The minimum absolute atomic E-state index is 0.0120. The van der Waals surface area contributed by atoms with Crippen molar-refractivity contribution in [1.29, 1.82) is 0 Å². The monoisotopic (exact) mass is 429 g/mol. The lowest BCUT2D eigenvalue weighted by Crippen LogP contribution is -2.12. The molecule has 0 aliphatic carbocycles. The van der Waals surface area contributed by atoms with Gasteiger partial charge >= 0.3 is 0 Å². The molecule has 0 saturated heterocycles. The lowest BCUT2D eigenvalue weighted by molar-refractivity contribution is -0.384. The van der Waals surface area contributed by atoms with Gasteiger partial charge in [-0.2, -0.15) is 0 Å². The maximum atomic E-state index is 11.0. The maximum Gasteiger partial charge on any atom is 0.269 e. The second kappa shape index (κ2) is 7.96. The normalized spacial score (nSPS) is 12.0. The SMILES string of the molecule is O=[N+]([O-])c1ccc(C(Nc2nc3ccccc3s2)c2nnc(-c3ccccc3)o2)cc1. The standard InChI is InChI=1S/C22H15N5O3S/c28-27(29)16-12-10-14(11-13-16)19(24-22-23-17-8-4-5-9-18(17)31-22)21-26-25-20(30-21)15-6-2-1-3-7-15/h1-13,19H,(H,23,24). The molecule has 31 heavy (non-hydrogen) atoms. The summed E-state index contributed by atoms with van der Waals surface area (Å²) in [5.74, 6) is 0.737. The molecule has 0 saturated carbocycles. The first-order chi connectivity index (χ1) is 15.2. The van der Waals surface area contributed by atoms with Crippen molar-refractivity contribution in [3.8, 4) is 11.5 Å². The number of rotatable bonds is 6. The van der Waals surface area contributed by atoms with Crippen molar-refractivity contribution in [3.05, 3.63) is 100 Å². The molecule has 0 spiro atoms. The molecule has 9 heteroatoms. The number of non-ortho nitro benzene ring substituents is 1. The van der Waals surface area contributed by atoms with Crippen LogP contribution in [0.15, 0.2) is 83.3 Å². The summed E-state index contributed by atoms with van der Waals surface area (Å²) in [4.78, 5) is 15.2. The molecule has 1 unspecified atom stereocenters. The molecule has 0 amide bonds. The van der Waals surface area contributed by atoms with Crippen LogP contribution in [0.2, 0.25) is 0 Å². The number of nitrogens with one attached hydrogen (secondary N) is 1.